The summed E-state index contributed by atoms with van der Waals surface area (Å²) >= 11 is 0. The van der Waals surface area contributed by atoms with E-state index in [0.29, 0.717) is 5.92 Å². The van der Waals surface area contributed by atoms with Crippen molar-refractivity contribution in [3.63, 3.8) is 0 Å². The van der Waals surface area contributed by atoms with E-state index in [9.17, 15) is 14.7 Å². The van der Waals surface area contributed by atoms with Crippen LogP contribution >= 0.6 is 0 Å². The highest BCUT2D eigenvalue weighted by molar-refractivity contribution is 5.74. The number of aliphatic hydroxyl groups is 1. The summed E-state index contributed by atoms with van der Waals surface area (Å²) in [6.07, 6.45) is 3.91. The van der Waals surface area contributed by atoms with Crippen molar-refractivity contribution in [2.45, 2.75) is 51.6 Å². The second-order valence-corrected chi connectivity index (χ2v) is 5.92. The number of carboxylic acids is 1. The van der Waals surface area contributed by atoms with Gasteiger partial charge in [0.05, 0.1) is 12.0 Å². The molecule has 0 spiro atoms. The summed E-state index contributed by atoms with van der Waals surface area (Å²) in [5, 5.41) is 21.2. The molecule has 1 saturated heterocycles. The lowest BCUT2D eigenvalue weighted by molar-refractivity contribution is -0.141. The molecular formula is C14H26N2O4. The van der Waals surface area contributed by atoms with Gasteiger partial charge >= 0.3 is 12.0 Å². The molecule has 0 radical (unpaired) electrons. The van der Waals surface area contributed by atoms with Gasteiger partial charge in [0.25, 0.3) is 0 Å². The Bertz CT molecular complexity index is 344. The fourth-order valence-electron chi connectivity index (χ4n) is 2.54. The molecule has 0 aromatic heterocycles. The highest BCUT2D eigenvalue weighted by Crippen LogP contribution is 2.20. The van der Waals surface area contributed by atoms with E-state index in [4.69, 9.17) is 5.11 Å². The van der Waals surface area contributed by atoms with Crippen LogP contribution in [0, 0.1) is 5.92 Å². The third kappa shape index (κ3) is 5.77. The number of rotatable bonds is 5. The van der Waals surface area contributed by atoms with Crippen LogP contribution in [0.3, 0.4) is 0 Å². The largest absolute Gasteiger partial charge is 0.481 e. The van der Waals surface area contributed by atoms with Crippen molar-refractivity contribution in [1.82, 2.24) is 10.2 Å². The zero-order valence-electron chi connectivity index (χ0n) is 12.4. The zero-order valence-corrected chi connectivity index (χ0v) is 12.4. The molecule has 2 atom stereocenters. The van der Waals surface area contributed by atoms with Crippen LogP contribution < -0.4 is 5.32 Å². The van der Waals surface area contributed by atoms with Gasteiger partial charge in [-0.2, -0.15) is 0 Å². The third-order valence-corrected chi connectivity index (χ3v) is 3.86. The number of likely N-dealkylation sites (tertiary alicyclic amines) is 1. The molecule has 1 aliphatic rings. The van der Waals surface area contributed by atoms with Crippen LogP contribution in [0.15, 0.2) is 0 Å². The molecule has 0 bridgehead atoms. The van der Waals surface area contributed by atoms with Crippen LogP contribution in [0.1, 0.15) is 46.0 Å². The topological polar surface area (TPSA) is 89.9 Å². The van der Waals surface area contributed by atoms with Gasteiger partial charge in [0, 0.05) is 19.6 Å². The molecule has 6 heteroatoms. The van der Waals surface area contributed by atoms with E-state index in [1.165, 1.54) is 6.92 Å². The lowest BCUT2D eigenvalue weighted by Crippen LogP contribution is -2.47. The van der Waals surface area contributed by atoms with E-state index in [1.54, 1.807) is 4.90 Å². The Labute approximate surface area is 120 Å². The maximum Gasteiger partial charge on any atom is 0.317 e. The summed E-state index contributed by atoms with van der Waals surface area (Å²) in [6.45, 7) is 4.99. The summed E-state index contributed by atoms with van der Waals surface area (Å²) < 4.78 is 0. The maximum absolute atomic E-state index is 12.0. The first-order valence-electron chi connectivity index (χ1n) is 7.31. The normalized spacial score (nSPS) is 22.8. The second-order valence-electron chi connectivity index (χ2n) is 5.92. The molecule has 2 amide bonds. The Kier molecular flexibility index (Phi) is 6.26. The predicted octanol–water partition coefficient (Wildman–Crippen LogP) is 1.43. The first kappa shape index (κ1) is 16.8. The van der Waals surface area contributed by atoms with Gasteiger partial charge in [-0.3, -0.25) is 4.79 Å². The summed E-state index contributed by atoms with van der Waals surface area (Å²) in [7, 11) is 0. The smallest absolute Gasteiger partial charge is 0.317 e. The molecule has 20 heavy (non-hydrogen) atoms. The lowest BCUT2D eigenvalue weighted by Gasteiger charge is -2.25. The van der Waals surface area contributed by atoms with Crippen LogP contribution in [-0.4, -0.2) is 52.3 Å². The molecule has 0 aliphatic carbocycles. The maximum atomic E-state index is 12.0. The van der Waals surface area contributed by atoms with E-state index in [-0.39, 0.29) is 19.0 Å². The molecule has 1 aliphatic heterocycles. The Morgan fingerprint density at radius 3 is 2.65 bits per heavy atom. The van der Waals surface area contributed by atoms with Gasteiger partial charge in [-0.15, -0.1) is 0 Å². The number of carbonyl (C=O) groups excluding carboxylic acids is 1. The van der Waals surface area contributed by atoms with Gasteiger partial charge < -0.3 is 20.4 Å². The molecular weight excluding hydrogens is 260 g/mol. The predicted molar refractivity (Wildman–Crippen MR) is 75.5 cm³/mol. The molecule has 0 saturated carbocycles. The molecule has 0 aromatic carbocycles. The monoisotopic (exact) mass is 286 g/mol. The van der Waals surface area contributed by atoms with Crippen LogP contribution in [0.5, 0.6) is 0 Å². The number of aliphatic carboxylic acids is 1. The number of hydrogen-bond donors (Lipinski definition) is 3. The Balaban J connectivity index is 2.40. The SMILES string of the molecule is CCC1CCCN(C(=O)NCC(C)(O)CC(=O)O)CC1. The van der Waals surface area contributed by atoms with Crippen molar-refractivity contribution in [2.75, 3.05) is 19.6 Å². The zero-order chi connectivity index (χ0) is 15.2. The summed E-state index contributed by atoms with van der Waals surface area (Å²) in [6, 6.07) is -0.215. The first-order chi connectivity index (χ1) is 9.34. The average molecular weight is 286 g/mol. The highest BCUT2D eigenvalue weighted by Gasteiger charge is 2.26. The summed E-state index contributed by atoms with van der Waals surface area (Å²) in [5.41, 5.74) is -1.42. The molecule has 0 aromatic rings. The first-order valence-corrected chi connectivity index (χ1v) is 7.31. The standard InChI is InChI=1S/C14H26N2O4/c1-3-11-5-4-7-16(8-6-11)13(19)15-10-14(2,20)9-12(17)18/h11,20H,3-10H2,1-2H3,(H,15,19)(H,17,18). The number of urea groups is 1. The molecule has 116 valence electrons. The fourth-order valence-corrected chi connectivity index (χ4v) is 2.54. The highest BCUT2D eigenvalue weighted by atomic mass is 16.4. The van der Waals surface area contributed by atoms with Crippen molar-refractivity contribution >= 4 is 12.0 Å². The van der Waals surface area contributed by atoms with Crippen LogP contribution in [0.25, 0.3) is 0 Å². The minimum absolute atomic E-state index is 0.0498. The second kappa shape index (κ2) is 7.47. The molecule has 2 unspecified atom stereocenters. The van der Waals surface area contributed by atoms with E-state index in [1.807, 2.05) is 0 Å². The molecule has 1 rings (SSSR count). The van der Waals surface area contributed by atoms with Crippen molar-refractivity contribution < 1.29 is 19.8 Å². The fraction of sp³-hybridized carbons (Fsp3) is 0.857. The molecule has 1 heterocycles. The van der Waals surface area contributed by atoms with Gasteiger partial charge in [0.15, 0.2) is 0 Å². The number of amides is 2. The minimum Gasteiger partial charge on any atom is -0.481 e. The van der Waals surface area contributed by atoms with Crippen molar-refractivity contribution in [3.8, 4) is 0 Å². The minimum atomic E-state index is -1.42. The summed E-state index contributed by atoms with van der Waals surface area (Å²) in [4.78, 5) is 24.4. The number of hydrogen-bond acceptors (Lipinski definition) is 3. The van der Waals surface area contributed by atoms with Crippen molar-refractivity contribution in [3.05, 3.63) is 0 Å². The third-order valence-electron chi connectivity index (χ3n) is 3.86. The average Bonchev–Trinajstić information content (AvgIpc) is 2.59. The van der Waals surface area contributed by atoms with Crippen LogP contribution in [0.4, 0.5) is 4.79 Å². The molecule has 1 fully saturated rings. The summed E-state index contributed by atoms with van der Waals surface area (Å²) in [5.74, 6) is -0.396. The van der Waals surface area contributed by atoms with Crippen molar-refractivity contribution in [2.24, 2.45) is 5.92 Å². The van der Waals surface area contributed by atoms with E-state index in [2.05, 4.69) is 12.2 Å². The van der Waals surface area contributed by atoms with E-state index < -0.39 is 11.6 Å². The Morgan fingerprint density at radius 1 is 1.35 bits per heavy atom. The van der Waals surface area contributed by atoms with Crippen molar-refractivity contribution in [1.29, 1.82) is 0 Å². The van der Waals surface area contributed by atoms with Crippen LogP contribution in [0.2, 0.25) is 0 Å². The van der Waals surface area contributed by atoms with Gasteiger partial charge in [0.2, 0.25) is 0 Å². The molecule has 3 N–H and O–H groups in total. The van der Waals surface area contributed by atoms with E-state index >= 15 is 0 Å². The molecule has 6 nitrogen and oxygen atoms in total. The van der Waals surface area contributed by atoms with E-state index in [0.717, 1.165) is 38.8 Å². The van der Waals surface area contributed by atoms with Crippen LogP contribution in [-0.2, 0) is 4.79 Å². The number of nitrogens with zero attached hydrogens (tertiary/aromatic N) is 1. The Morgan fingerprint density at radius 2 is 2.05 bits per heavy atom. The lowest BCUT2D eigenvalue weighted by atomic mass is 9.98. The Hall–Kier alpha value is -1.30. The van der Waals surface area contributed by atoms with Gasteiger partial charge in [-0.05, 0) is 32.1 Å². The number of carbonyl (C=O) groups is 2. The van der Waals surface area contributed by atoms with Gasteiger partial charge in [0.1, 0.15) is 0 Å². The van der Waals surface area contributed by atoms with Gasteiger partial charge in [-0.1, -0.05) is 13.3 Å². The van der Waals surface area contributed by atoms with Gasteiger partial charge in [-0.25, -0.2) is 4.79 Å². The number of carboxylic acid groups (broad SMARTS) is 1. The number of nitrogens with one attached hydrogen (secondary N) is 1. The quantitative estimate of drug-likeness (QED) is 0.713.